The Morgan fingerprint density at radius 3 is 2.32 bits per heavy atom. The monoisotopic (exact) mass is 318 g/mol. The van der Waals surface area contributed by atoms with Crippen molar-refractivity contribution in [1.29, 1.82) is 0 Å². The van der Waals surface area contributed by atoms with Crippen LogP contribution in [0.4, 0.5) is 0 Å². The third-order valence-corrected chi connectivity index (χ3v) is 3.73. The zero-order valence-electron chi connectivity index (χ0n) is 11.3. The summed E-state index contributed by atoms with van der Waals surface area (Å²) in [6.07, 6.45) is 0. The van der Waals surface area contributed by atoms with E-state index in [2.05, 4.69) is 83.5 Å². The molecule has 3 heteroatoms. The first-order valence-corrected chi connectivity index (χ1v) is 7.12. The molecule has 2 N–H and O–H groups in total. The number of benzene rings is 2. The van der Waals surface area contributed by atoms with E-state index in [-0.39, 0.29) is 6.04 Å². The minimum absolute atomic E-state index is 0.250. The Bertz CT molecular complexity index is 535. The average Bonchev–Trinajstić information content (AvgIpc) is 2.41. The van der Waals surface area contributed by atoms with Gasteiger partial charge in [0.05, 0.1) is 6.04 Å². The SMILES string of the molecule is CN(C)C(c1ccc(Br)cc1)c1cccc(CN)c1. The van der Waals surface area contributed by atoms with E-state index in [1.807, 2.05) is 0 Å². The first kappa shape index (κ1) is 14.3. The van der Waals surface area contributed by atoms with Gasteiger partial charge in [0.15, 0.2) is 0 Å². The van der Waals surface area contributed by atoms with Crippen LogP contribution in [0.5, 0.6) is 0 Å². The highest BCUT2D eigenvalue weighted by atomic mass is 79.9. The summed E-state index contributed by atoms with van der Waals surface area (Å²) >= 11 is 3.48. The lowest BCUT2D eigenvalue weighted by Crippen LogP contribution is -2.21. The summed E-state index contributed by atoms with van der Waals surface area (Å²) in [5, 5.41) is 0. The summed E-state index contributed by atoms with van der Waals surface area (Å²) in [6.45, 7) is 0.578. The molecule has 2 aromatic carbocycles. The predicted octanol–water partition coefficient (Wildman–Crippen LogP) is 3.56. The summed E-state index contributed by atoms with van der Waals surface area (Å²) in [6, 6.07) is 17.2. The molecule has 2 rings (SSSR count). The second-order valence-electron chi connectivity index (χ2n) is 4.87. The highest BCUT2D eigenvalue weighted by Gasteiger charge is 2.16. The topological polar surface area (TPSA) is 29.3 Å². The van der Waals surface area contributed by atoms with Crippen LogP contribution in [0.15, 0.2) is 53.0 Å². The van der Waals surface area contributed by atoms with E-state index >= 15 is 0 Å². The fourth-order valence-electron chi connectivity index (χ4n) is 2.32. The molecular formula is C16H19BrN2. The van der Waals surface area contributed by atoms with Gasteiger partial charge in [0.25, 0.3) is 0 Å². The normalized spacial score (nSPS) is 12.7. The van der Waals surface area contributed by atoms with E-state index in [9.17, 15) is 0 Å². The van der Waals surface area contributed by atoms with Crippen molar-refractivity contribution in [3.8, 4) is 0 Å². The number of nitrogens with two attached hydrogens (primary N) is 1. The predicted molar refractivity (Wildman–Crippen MR) is 84.0 cm³/mol. The minimum Gasteiger partial charge on any atom is -0.326 e. The zero-order valence-corrected chi connectivity index (χ0v) is 12.9. The highest BCUT2D eigenvalue weighted by Crippen LogP contribution is 2.28. The van der Waals surface area contributed by atoms with Gasteiger partial charge in [0.2, 0.25) is 0 Å². The van der Waals surface area contributed by atoms with Crippen molar-refractivity contribution >= 4 is 15.9 Å². The molecule has 0 aliphatic heterocycles. The van der Waals surface area contributed by atoms with E-state index in [0.717, 1.165) is 4.47 Å². The number of hydrogen-bond acceptors (Lipinski definition) is 2. The molecule has 0 spiro atoms. The number of rotatable bonds is 4. The van der Waals surface area contributed by atoms with Crippen LogP contribution in [0.25, 0.3) is 0 Å². The van der Waals surface area contributed by atoms with E-state index < -0.39 is 0 Å². The largest absolute Gasteiger partial charge is 0.326 e. The van der Waals surface area contributed by atoms with Crippen LogP contribution >= 0.6 is 15.9 Å². The smallest absolute Gasteiger partial charge is 0.0596 e. The molecule has 2 aromatic rings. The van der Waals surface area contributed by atoms with E-state index in [4.69, 9.17) is 5.73 Å². The molecule has 0 fully saturated rings. The number of halogens is 1. The average molecular weight is 319 g/mol. The van der Waals surface area contributed by atoms with Gasteiger partial charge >= 0.3 is 0 Å². The summed E-state index contributed by atoms with van der Waals surface area (Å²) in [4.78, 5) is 2.22. The van der Waals surface area contributed by atoms with Crippen LogP contribution in [0.3, 0.4) is 0 Å². The second kappa shape index (κ2) is 6.33. The first-order chi connectivity index (χ1) is 9.11. The molecule has 0 bridgehead atoms. The van der Waals surface area contributed by atoms with Crippen LogP contribution in [0.2, 0.25) is 0 Å². The molecule has 0 aliphatic carbocycles. The molecule has 0 saturated heterocycles. The Hall–Kier alpha value is -1.16. The van der Waals surface area contributed by atoms with Crippen molar-refractivity contribution < 1.29 is 0 Å². The third kappa shape index (κ3) is 3.44. The van der Waals surface area contributed by atoms with Crippen LogP contribution in [0, 0.1) is 0 Å². The summed E-state index contributed by atoms with van der Waals surface area (Å²) < 4.78 is 1.10. The molecule has 19 heavy (non-hydrogen) atoms. The van der Waals surface area contributed by atoms with E-state index in [1.165, 1.54) is 16.7 Å². The lowest BCUT2D eigenvalue weighted by Gasteiger charge is -2.25. The van der Waals surface area contributed by atoms with Crippen molar-refractivity contribution in [1.82, 2.24) is 4.90 Å². The van der Waals surface area contributed by atoms with Crippen molar-refractivity contribution in [3.63, 3.8) is 0 Å². The Kier molecular flexibility index (Phi) is 4.75. The van der Waals surface area contributed by atoms with Gasteiger partial charge < -0.3 is 5.73 Å². The zero-order chi connectivity index (χ0) is 13.8. The molecule has 0 radical (unpaired) electrons. The number of hydrogen-bond donors (Lipinski definition) is 1. The van der Waals surface area contributed by atoms with Crippen molar-refractivity contribution in [3.05, 3.63) is 69.7 Å². The third-order valence-electron chi connectivity index (χ3n) is 3.20. The van der Waals surface area contributed by atoms with Gasteiger partial charge in [0, 0.05) is 11.0 Å². The lowest BCUT2D eigenvalue weighted by atomic mass is 9.96. The summed E-state index contributed by atoms with van der Waals surface area (Å²) in [5.74, 6) is 0. The molecular weight excluding hydrogens is 300 g/mol. The van der Waals surface area contributed by atoms with E-state index in [0.29, 0.717) is 6.54 Å². The van der Waals surface area contributed by atoms with Crippen molar-refractivity contribution in [2.75, 3.05) is 14.1 Å². The first-order valence-electron chi connectivity index (χ1n) is 6.32. The van der Waals surface area contributed by atoms with Crippen molar-refractivity contribution in [2.24, 2.45) is 5.73 Å². The van der Waals surface area contributed by atoms with Gasteiger partial charge in [-0.05, 0) is 42.9 Å². The molecule has 1 unspecified atom stereocenters. The molecule has 0 saturated carbocycles. The molecule has 2 nitrogen and oxygen atoms in total. The molecule has 0 aliphatic rings. The van der Waals surface area contributed by atoms with Gasteiger partial charge in [-0.25, -0.2) is 0 Å². The van der Waals surface area contributed by atoms with Gasteiger partial charge in [-0.15, -0.1) is 0 Å². The molecule has 0 heterocycles. The lowest BCUT2D eigenvalue weighted by molar-refractivity contribution is 0.342. The van der Waals surface area contributed by atoms with Crippen LogP contribution in [-0.4, -0.2) is 19.0 Å². The number of nitrogens with zero attached hydrogens (tertiary/aromatic N) is 1. The standard InChI is InChI=1S/C16H19BrN2/c1-19(2)16(13-6-8-15(17)9-7-13)14-5-3-4-12(10-14)11-18/h3-10,16H,11,18H2,1-2H3. The molecule has 0 amide bonds. The molecule has 0 aromatic heterocycles. The fourth-order valence-corrected chi connectivity index (χ4v) is 2.59. The highest BCUT2D eigenvalue weighted by molar-refractivity contribution is 9.10. The Morgan fingerprint density at radius 1 is 1.05 bits per heavy atom. The van der Waals surface area contributed by atoms with Crippen LogP contribution in [0.1, 0.15) is 22.7 Å². The Balaban J connectivity index is 2.42. The van der Waals surface area contributed by atoms with Crippen LogP contribution in [-0.2, 0) is 6.54 Å². The Morgan fingerprint density at radius 2 is 1.74 bits per heavy atom. The van der Waals surface area contributed by atoms with Gasteiger partial charge in [0.1, 0.15) is 0 Å². The van der Waals surface area contributed by atoms with Gasteiger partial charge in [-0.2, -0.15) is 0 Å². The Labute approximate surface area is 123 Å². The maximum atomic E-state index is 5.73. The quantitative estimate of drug-likeness (QED) is 0.934. The maximum absolute atomic E-state index is 5.73. The van der Waals surface area contributed by atoms with E-state index in [1.54, 1.807) is 0 Å². The second-order valence-corrected chi connectivity index (χ2v) is 5.78. The molecule has 100 valence electrons. The fraction of sp³-hybridized carbons (Fsp3) is 0.250. The maximum Gasteiger partial charge on any atom is 0.0596 e. The minimum atomic E-state index is 0.250. The van der Waals surface area contributed by atoms with Gasteiger partial charge in [-0.1, -0.05) is 52.3 Å². The summed E-state index contributed by atoms with van der Waals surface area (Å²) in [7, 11) is 4.20. The molecule has 1 atom stereocenters. The van der Waals surface area contributed by atoms with Crippen molar-refractivity contribution in [2.45, 2.75) is 12.6 Å². The van der Waals surface area contributed by atoms with Crippen LogP contribution < -0.4 is 5.73 Å². The summed E-state index contributed by atoms with van der Waals surface area (Å²) in [5.41, 5.74) is 9.46. The van der Waals surface area contributed by atoms with Gasteiger partial charge in [-0.3, -0.25) is 4.90 Å².